The third-order valence-electron chi connectivity index (χ3n) is 1.98. The van der Waals surface area contributed by atoms with Crippen molar-refractivity contribution in [2.75, 3.05) is 0 Å². The number of hydrogen-bond acceptors (Lipinski definition) is 2. The van der Waals surface area contributed by atoms with Gasteiger partial charge in [-0.15, -0.1) is 0 Å². The zero-order chi connectivity index (χ0) is 10.9. The number of benzene rings is 1. The number of halogens is 2. The molecule has 1 aromatic rings. The summed E-state index contributed by atoms with van der Waals surface area (Å²) < 4.78 is 13.9. The number of hydrogen-bond donors (Lipinski definition) is 2. The van der Waals surface area contributed by atoms with Gasteiger partial charge in [-0.05, 0) is 26.0 Å². The van der Waals surface area contributed by atoms with Crippen LogP contribution in [0.5, 0.6) is 0 Å². The standard InChI is InChI=1S/C10H13BrFNO/c1-10(2,13)9(14)8-6(11)4-3-5-7(8)12/h3-5,9,14H,13H2,1-2H3. The molecule has 14 heavy (non-hydrogen) atoms. The van der Waals surface area contributed by atoms with Crippen LogP contribution in [-0.4, -0.2) is 10.6 Å². The molecule has 0 aliphatic rings. The summed E-state index contributed by atoms with van der Waals surface area (Å²) in [5.41, 5.74) is 5.05. The lowest BCUT2D eigenvalue weighted by Gasteiger charge is -2.27. The van der Waals surface area contributed by atoms with Gasteiger partial charge in [-0.25, -0.2) is 4.39 Å². The minimum absolute atomic E-state index is 0.208. The minimum Gasteiger partial charge on any atom is -0.386 e. The molecule has 1 aromatic carbocycles. The highest BCUT2D eigenvalue weighted by molar-refractivity contribution is 9.10. The summed E-state index contributed by atoms with van der Waals surface area (Å²) >= 11 is 3.18. The maximum absolute atomic E-state index is 13.4. The first-order chi connectivity index (χ1) is 6.34. The quantitative estimate of drug-likeness (QED) is 0.859. The van der Waals surface area contributed by atoms with Crippen LogP contribution in [0.1, 0.15) is 25.5 Å². The van der Waals surface area contributed by atoms with Gasteiger partial charge < -0.3 is 10.8 Å². The molecule has 0 saturated carbocycles. The van der Waals surface area contributed by atoms with Gasteiger partial charge in [0.05, 0.1) is 0 Å². The van der Waals surface area contributed by atoms with Gasteiger partial charge in [-0.3, -0.25) is 0 Å². The smallest absolute Gasteiger partial charge is 0.130 e. The van der Waals surface area contributed by atoms with E-state index < -0.39 is 17.5 Å². The van der Waals surface area contributed by atoms with Crippen molar-refractivity contribution in [2.24, 2.45) is 5.73 Å². The molecular weight excluding hydrogens is 249 g/mol. The van der Waals surface area contributed by atoms with Gasteiger partial charge in [0.25, 0.3) is 0 Å². The minimum atomic E-state index is -1.03. The highest BCUT2D eigenvalue weighted by Gasteiger charge is 2.28. The van der Waals surface area contributed by atoms with Crippen molar-refractivity contribution < 1.29 is 9.50 Å². The predicted molar refractivity (Wildman–Crippen MR) is 57.3 cm³/mol. The molecule has 2 nitrogen and oxygen atoms in total. The van der Waals surface area contributed by atoms with Crippen molar-refractivity contribution in [1.29, 1.82) is 0 Å². The van der Waals surface area contributed by atoms with Crippen molar-refractivity contribution in [3.05, 3.63) is 34.1 Å². The molecule has 1 rings (SSSR count). The summed E-state index contributed by atoms with van der Waals surface area (Å²) in [4.78, 5) is 0. The second kappa shape index (κ2) is 3.96. The molecule has 0 aromatic heterocycles. The van der Waals surface area contributed by atoms with Crippen molar-refractivity contribution in [3.8, 4) is 0 Å². The number of aliphatic hydroxyl groups is 1. The number of aliphatic hydroxyl groups excluding tert-OH is 1. The molecule has 0 saturated heterocycles. The van der Waals surface area contributed by atoms with Gasteiger partial charge in [0, 0.05) is 15.6 Å². The fraction of sp³-hybridized carbons (Fsp3) is 0.400. The molecule has 1 atom stereocenters. The molecule has 0 heterocycles. The van der Waals surface area contributed by atoms with E-state index in [9.17, 15) is 9.50 Å². The van der Waals surface area contributed by atoms with Gasteiger partial charge in [0.1, 0.15) is 11.9 Å². The van der Waals surface area contributed by atoms with Crippen LogP contribution in [0.25, 0.3) is 0 Å². The Bertz CT molecular complexity index is 315. The lowest BCUT2D eigenvalue weighted by atomic mass is 9.92. The fourth-order valence-electron chi connectivity index (χ4n) is 1.14. The first kappa shape index (κ1) is 11.6. The highest BCUT2D eigenvalue weighted by atomic mass is 79.9. The summed E-state index contributed by atoms with van der Waals surface area (Å²) in [5.74, 6) is -0.453. The summed E-state index contributed by atoms with van der Waals surface area (Å²) in [6.45, 7) is 3.30. The van der Waals surface area contributed by atoms with Gasteiger partial charge in [-0.1, -0.05) is 22.0 Å². The summed E-state index contributed by atoms with van der Waals surface area (Å²) in [6, 6.07) is 4.54. The van der Waals surface area contributed by atoms with Crippen molar-refractivity contribution in [3.63, 3.8) is 0 Å². The maximum atomic E-state index is 13.4. The average Bonchev–Trinajstić information content (AvgIpc) is 2.01. The first-order valence-corrected chi connectivity index (χ1v) is 5.04. The van der Waals surface area contributed by atoms with Gasteiger partial charge in [-0.2, -0.15) is 0 Å². The molecule has 0 bridgehead atoms. The molecule has 0 spiro atoms. The Morgan fingerprint density at radius 3 is 2.50 bits per heavy atom. The van der Waals surface area contributed by atoms with Crippen LogP contribution < -0.4 is 5.73 Å². The third-order valence-corrected chi connectivity index (χ3v) is 2.67. The Hall–Kier alpha value is -0.450. The van der Waals surface area contributed by atoms with E-state index in [2.05, 4.69) is 15.9 Å². The highest BCUT2D eigenvalue weighted by Crippen LogP contribution is 2.31. The average molecular weight is 262 g/mol. The van der Waals surface area contributed by atoms with E-state index in [1.54, 1.807) is 26.0 Å². The molecule has 0 radical (unpaired) electrons. The van der Waals surface area contributed by atoms with E-state index in [0.29, 0.717) is 4.47 Å². The number of nitrogens with two attached hydrogens (primary N) is 1. The summed E-state index contributed by atoms with van der Waals surface area (Å²) in [6.07, 6.45) is -1.03. The molecule has 0 fully saturated rings. The molecule has 78 valence electrons. The molecule has 1 unspecified atom stereocenters. The molecule has 0 aliphatic carbocycles. The maximum Gasteiger partial charge on any atom is 0.130 e. The molecule has 3 N–H and O–H groups in total. The van der Waals surface area contributed by atoms with E-state index in [1.165, 1.54) is 6.07 Å². The van der Waals surface area contributed by atoms with Crippen LogP contribution in [-0.2, 0) is 0 Å². The second-order valence-corrected chi connectivity index (χ2v) is 4.71. The molecule has 0 aliphatic heterocycles. The normalized spacial score (nSPS) is 14.1. The van der Waals surface area contributed by atoms with Crippen LogP contribution in [0, 0.1) is 5.82 Å². The van der Waals surface area contributed by atoms with E-state index in [4.69, 9.17) is 5.73 Å². The van der Waals surface area contributed by atoms with Gasteiger partial charge >= 0.3 is 0 Å². The lowest BCUT2D eigenvalue weighted by Crippen LogP contribution is -2.39. The zero-order valence-electron chi connectivity index (χ0n) is 8.09. The SMILES string of the molecule is CC(C)(N)C(O)c1c(F)cccc1Br. The lowest BCUT2D eigenvalue weighted by molar-refractivity contribution is 0.100. The summed E-state index contributed by atoms with van der Waals surface area (Å²) in [7, 11) is 0. The zero-order valence-corrected chi connectivity index (χ0v) is 9.68. The molecule has 4 heteroatoms. The van der Waals surface area contributed by atoms with E-state index in [0.717, 1.165) is 0 Å². The second-order valence-electron chi connectivity index (χ2n) is 3.86. The van der Waals surface area contributed by atoms with Crippen molar-refractivity contribution in [1.82, 2.24) is 0 Å². The monoisotopic (exact) mass is 261 g/mol. The van der Waals surface area contributed by atoms with Crippen LogP contribution in [0.3, 0.4) is 0 Å². The number of rotatable bonds is 2. The Balaban J connectivity index is 3.19. The predicted octanol–water partition coefficient (Wildman–Crippen LogP) is 2.36. The van der Waals surface area contributed by atoms with Crippen molar-refractivity contribution >= 4 is 15.9 Å². The van der Waals surface area contributed by atoms with E-state index in [1.807, 2.05) is 0 Å². The van der Waals surface area contributed by atoms with Crippen LogP contribution in [0.2, 0.25) is 0 Å². The third kappa shape index (κ3) is 2.32. The van der Waals surface area contributed by atoms with Gasteiger partial charge in [0.2, 0.25) is 0 Å². The summed E-state index contributed by atoms with van der Waals surface area (Å²) in [5, 5.41) is 9.82. The van der Waals surface area contributed by atoms with Crippen LogP contribution >= 0.6 is 15.9 Å². The van der Waals surface area contributed by atoms with Crippen molar-refractivity contribution in [2.45, 2.75) is 25.5 Å². The topological polar surface area (TPSA) is 46.2 Å². The van der Waals surface area contributed by atoms with Crippen LogP contribution in [0.15, 0.2) is 22.7 Å². The molecule has 0 amide bonds. The fourth-order valence-corrected chi connectivity index (χ4v) is 1.70. The van der Waals surface area contributed by atoms with E-state index >= 15 is 0 Å². The van der Waals surface area contributed by atoms with E-state index in [-0.39, 0.29) is 5.56 Å². The molecular formula is C10H13BrFNO. The largest absolute Gasteiger partial charge is 0.386 e. The van der Waals surface area contributed by atoms with Gasteiger partial charge in [0.15, 0.2) is 0 Å². The first-order valence-electron chi connectivity index (χ1n) is 4.25. The Morgan fingerprint density at radius 2 is 2.07 bits per heavy atom. The Kier molecular flexibility index (Phi) is 3.29. The Labute approximate surface area is 91.1 Å². The Morgan fingerprint density at radius 1 is 1.50 bits per heavy atom. The van der Waals surface area contributed by atoms with Crippen LogP contribution in [0.4, 0.5) is 4.39 Å².